The summed E-state index contributed by atoms with van der Waals surface area (Å²) < 4.78 is 1.66. The minimum absolute atomic E-state index is 0.161. The third-order valence-electron chi connectivity index (χ3n) is 3.72. The van der Waals surface area contributed by atoms with Crippen LogP contribution in [0.5, 0.6) is 0 Å². The van der Waals surface area contributed by atoms with Crippen molar-refractivity contribution >= 4 is 17.5 Å². The highest BCUT2D eigenvalue weighted by Gasteiger charge is 2.41. The number of imide groups is 1. The Morgan fingerprint density at radius 3 is 2.52 bits per heavy atom. The minimum atomic E-state index is -0.535. The lowest BCUT2D eigenvalue weighted by molar-refractivity contribution is -0.122. The minimum Gasteiger partial charge on any atom is -0.274 e. The van der Waals surface area contributed by atoms with Crippen LogP contribution in [0.4, 0.5) is 5.69 Å². The van der Waals surface area contributed by atoms with E-state index in [0.29, 0.717) is 5.69 Å². The van der Waals surface area contributed by atoms with Crippen molar-refractivity contribution in [2.24, 2.45) is 0 Å². The van der Waals surface area contributed by atoms with Gasteiger partial charge in [0.25, 0.3) is 5.91 Å². The van der Waals surface area contributed by atoms with E-state index in [1.54, 1.807) is 10.7 Å². The molecule has 1 aromatic carbocycles. The maximum Gasteiger partial charge on any atom is 0.259 e. The molecule has 1 atom stereocenters. The van der Waals surface area contributed by atoms with Crippen LogP contribution in [0.3, 0.4) is 0 Å². The van der Waals surface area contributed by atoms with Crippen molar-refractivity contribution < 1.29 is 9.59 Å². The highest BCUT2D eigenvalue weighted by Crippen LogP contribution is 2.30. The molecule has 1 saturated heterocycles. The number of anilines is 1. The number of aromatic nitrogens is 2. The van der Waals surface area contributed by atoms with Crippen molar-refractivity contribution in [1.82, 2.24) is 9.78 Å². The first kappa shape index (κ1) is 13.5. The van der Waals surface area contributed by atoms with E-state index in [1.807, 2.05) is 45.0 Å². The van der Waals surface area contributed by atoms with E-state index in [0.717, 1.165) is 17.0 Å². The van der Waals surface area contributed by atoms with E-state index in [1.165, 1.54) is 4.90 Å². The molecular weight excluding hydrogens is 266 g/mol. The fraction of sp³-hybridized carbons (Fsp3) is 0.312. The van der Waals surface area contributed by atoms with Crippen LogP contribution in [0.25, 0.3) is 0 Å². The van der Waals surface area contributed by atoms with Crippen LogP contribution < -0.4 is 4.90 Å². The second-order valence-electron chi connectivity index (χ2n) is 5.50. The maximum absolute atomic E-state index is 12.6. The van der Waals surface area contributed by atoms with Gasteiger partial charge in [0.2, 0.25) is 5.91 Å². The second kappa shape index (κ2) is 4.84. The first-order valence-electron chi connectivity index (χ1n) is 6.93. The summed E-state index contributed by atoms with van der Waals surface area (Å²) >= 11 is 0. The van der Waals surface area contributed by atoms with Gasteiger partial charge in [0.15, 0.2) is 0 Å². The van der Waals surface area contributed by atoms with Gasteiger partial charge in [-0.25, -0.2) is 4.90 Å². The molecular formula is C16H17N3O2. The summed E-state index contributed by atoms with van der Waals surface area (Å²) in [5.74, 6) is -0.389. The molecule has 108 valence electrons. The summed E-state index contributed by atoms with van der Waals surface area (Å²) in [4.78, 5) is 26.2. The van der Waals surface area contributed by atoms with Crippen LogP contribution >= 0.6 is 0 Å². The van der Waals surface area contributed by atoms with Crippen LogP contribution in [0.1, 0.15) is 29.4 Å². The zero-order valence-corrected chi connectivity index (χ0v) is 12.3. The molecule has 1 aromatic heterocycles. The Morgan fingerprint density at radius 1 is 1.14 bits per heavy atom. The molecule has 1 unspecified atom stereocenters. The summed E-state index contributed by atoms with van der Waals surface area (Å²) in [5.41, 5.74) is 3.39. The summed E-state index contributed by atoms with van der Waals surface area (Å²) in [6, 6.07) is 8.79. The quantitative estimate of drug-likeness (QED) is 0.795. The number of hydrogen-bond donors (Lipinski definition) is 0. The number of amides is 2. The van der Waals surface area contributed by atoms with Gasteiger partial charge in [-0.05, 0) is 44.5 Å². The number of carbonyl (C=O) groups is 2. The molecule has 0 aliphatic carbocycles. The van der Waals surface area contributed by atoms with Crippen LogP contribution in [0.2, 0.25) is 0 Å². The fourth-order valence-electron chi connectivity index (χ4n) is 2.81. The smallest absolute Gasteiger partial charge is 0.259 e. The monoisotopic (exact) mass is 283 g/mol. The van der Waals surface area contributed by atoms with E-state index in [9.17, 15) is 9.59 Å². The van der Waals surface area contributed by atoms with Crippen molar-refractivity contribution in [1.29, 1.82) is 0 Å². The molecule has 3 rings (SSSR count). The standard InChI is InChI=1S/C16H17N3O2/c1-10-5-4-6-13(7-10)18-15(20)9-14(16(18)21)19-12(3)8-11(2)17-19/h4-8,14H,9H2,1-3H3. The zero-order chi connectivity index (χ0) is 15.1. The molecule has 21 heavy (non-hydrogen) atoms. The maximum atomic E-state index is 12.6. The van der Waals surface area contributed by atoms with Crippen LogP contribution in [0, 0.1) is 20.8 Å². The summed E-state index contributed by atoms with van der Waals surface area (Å²) in [5, 5.41) is 4.34. The lowest BCUT2D eigenvalue weighted by Gasteiger charge is -2.16. The predicted molar refractivity (Wildman–Crippen MR) is 79.0 cm³/mol. The van der Waals surface area contributed by atoms with Gasteiger partial charge in [-0.1, -0.05) is 12.1 Å². The molecule has 2 amide bonds. The van der Waals surface area contributed by atoms with Gasteiger partial charge in [0.1, 0.15) is 6.04 Å². The number of aryl methyl sites for hydroxylation is 3. The molecule has 1 aliphatic heterocycles. The zero-order valence-electron chi connectivity index (χ0n) is 12.3. The van der Waals surface area contributed by atoms with Crippen molar-refractivity contribution in [3.63, 3.8) is 0 Å². The normalized spacial score (nSPS) is 18.6. The molecule has 0 spiro atoms. The average Bonchev–Trinajstić information content (AvgIpc) is 2.89. The number of carbonyl (C=O) groups excluding carboxylic acids is 2. The Kier molecular flexibility index (Phi) is 3.12. The topological polar surface area (TPSA) is 55.2 Å². The van der Waals surface area contributed by atoms with Gasteiger partial charge in [-0.2, -0.15) is 5.10 Å². The van der Waals surface area contributed by atoms with Gasteiger partial charge >= 0.3 is 0 Å². The molecule has 5 heteroatoms. The average molecular weight is 283 g/mol. The van der Waals surface area contributed by atoms with Crippen molar-refractivity contribution in [3.05, 3.63) is 47.3 Å². The Labute approximate surface area is 123 Å². The first-order valence-corrected chi connectivity index (χ1v) is 6.93. The third-order valence-corrected chi connectivity index (χ3v) is 3.72. The Hall–Kier alpha value is -2.43. The fourth-order valence-corrected chi connectivity index (χ4v) is 2.81. The first-order chi connectivity index (χ1) is 9.97. The van der Waals surface area contributed by atoms with Gasteiger partial charge in [-0.3, -0.25) is 14.3 Å². The molecule has 2 aromatic rings. The highest BCUT2D eigenvalue weighted by molar-refractivity contribution is 6.21. The molecule has 0 N–H and O–H groups in total. The lowest BCUT2D eigenvalue weighted by Crippen LogP contribution is -2.31. The predicted octanol–water partition coefficient (Wildman–Crippen LogP) is 2.31. The van der Waals surface area contributed by atoms with Gasteiger partial charge in [0.05, 0.1) is 17.8 Å². The largest absolute Gasteiger partial charge is 0.274 e. The Bertz CT molecular complexity index is 733. The third kappa shape index (κ3) is 2.24. The highest BCUT2D eigenvalue weighted by atomic mass is 16.2. The van der Waals surface area contributed by atoms with Crippen molar-refractivity contribution in [3.8, 4) is 0 Å². The molecule has 5 nitrogen and oxygen atoms in total. The summed E-state index contributed by atoms with van der Waals surface area (Å²) in [6.45, 7) is 5.71. The van der Waals surface area contributed by atoms with Crippen LogP contribution in [-0.4, -0.2) is 21.6 Å². The molecule has 0 radical (unpaired) electrons. The van der Waals surface area contributed by atoms with Crippen LogP contribution in [-0.2, 0) is 9.59 Å². The van der Waals surface area contributed by atoms with Gasteiger partial charge in [0, 0.05) is 5.69 Å². The van der Waals surface area contributed by atoms with E-state index >= 15 is 0 Å². The Balaban J connectivity index is 1.98. The van der Waals surface area contributed by atoms with Crippen LogP contribution in [0.15, 0.2) is 30.3 Å². The number of rotatable bonds is 2. The summed E-state index contributed by atoms with van der Waals surface area (Å²) in [6.07, 6.45) is 0.161. The van der Waals surface area contributed by atoms with Gasteiger partial charge in [-0.15, -0.1) is 0 Å². The second-order valence-corrected chi connectivity index (χ2v) is 5.50. The Morgan fingerprint density at radius 2 is 1.90 bits per heavy atom. The summed E-state index contributed by atoms with van der Waals surface area (Å²) in [7, 11) is 0. The van der Waals surface area contributed by atoms with E-state index in [4.69, 9.17) is 0 Å². The number of hydrogen-bond acceptors (Lipinski definition) is 3. The molecule has 1 fully saturated rings. The van der Waals surface area contributed by atoms with E-state index in [2.05, 4.69) is 5.10 Å². The van der Waals surface area contributed by atoms with Gasteiger partial charge < -0.3 is 0 Å². The molecule has 2 heterocycles. The lowest BCUT2D eigenvalue weighted by atomic mass is 10.2. The molecule has 1 aliphatic rings. The van der Waals surface area contributed by atoms with E-state index < -0.39 is 6.04 Å². The van der Waals surface area contributed by atoms with E-state index in [-0.39, 0.29) is 18.2 Å². The van der Waals surface area contributed by atoms with Crippen molar-refractivity contribution in [2.45, 2.75) is 33.2 Å². The molecule has 0 bridgehead atoms. The SMILES string of the molecule is Cc1cccc(N2C(=O)CC(n3nc(C)cc3C)C2=O)c1. The number of benzene rings is 1. The molecule has 0 saturated carbocycles. The number of nitrogens with zero attached hydrogens (tertiary/aromatic N) is 3. The van der Waals surface area contributed by atoms with Crippen molar-refractivity contribution in [2.75, 3.05) is 4.90 Å².